The predicted molar refractivity (Wildman–Crippen MR) is 93.8 cm³/mol. The number of hydrogen-bond acceptors (Lipinski definition) is 9. The first-order valence-electron chi connectivity index (χ1n) is 8.98. The molecule has 4 fully saturated rings. The van der Waals surface area contributed by atoms with Gasteiger partial charge in [-0.25, -0.2) is 15.0 Å². The van der Waals surface area contributed by atoms with Gasteiger partial charge in [-0.05, 0) is 6.42 Å². The number of nitrogen functional groups attached to an aromatic ring is 1. The topological polar surface area (TPSA) is 103 Å². The van der Waals surface area contributed by atoms with Crippen LogP contribution in [0.15, 0.2) is 18.5 Å². The van der Waals surface area contributed by atoms with Gasteiger partial charge in [-0.3, -0.25) is 0 Å². The lowest BCUT2D eigenvalue weighted by atomic mass is 9.95. The summed E-state index contributed by atoms with van der Waals surface area (Å²) in [6, 6.07) is 2.81. The number of nitrogens with zero attached hydrogens (tertiary/aromatic N) is 6. The molecule has 9 nitrogen and oxygen atoms in total. The van der Waals surface area contributed by atoms with Crippen molar-refractivity contribution >= 4 is 17.7 Å². The Morgan fingerprint density at radius 1 is 1.04 bits per heavy atom. The molecule has 6 rings (SSSR count). The summed E-state index contributed by atoms with van der Waals surface area (Å²) in [5, 5.41) is 0. The summed E-state index contributed by atoms with van der Waals surface area (Å²) < 4.78 is 11.3. The molecule has 1 unspecified atom stereocenters. The van der Waals surface area contributed by atoms with Crippen molar-refractivity contribution in [3.63, 3.8) is 0 Å². The number of fused-ring (bicyclic) bond motifs is 3. The van der Waals surface area contributed by atoms with Crippen LogP contribution in [0.25, 0.3) is 11.3 Å². The van der Waals surface area contributed by atoms with Gasteiger partial charge >= 0.3 is 0 Å². The quantitative estimate of drug-likeness (QED) is 0.821. The standard InChI is InChI=1S/C17H19N7O2/c18-16-19-3-9(4-20-16)12-2-15(24-6-14-13(24)8-26-14)22-17(21-12)23-5-11-1-10(23)7-25-11/h2-4,10-11,13-14H,1,5-8H2,(H2,18,19,20)/t10-,11-,13+,14?/m0/s1. The van der Waals surface area contributed by atoms with Gasteiger partial charge in [-0.15, -0.1) is 0 Å². The molecule has 0 amide bonds. The Hall–Kier alpha value is -2.52. The third-order valence-electron chi connectivity index (χ3n) is 5.81. The minimum atomic E-state index is 0.259. The molecule has 0 aliphatic carbocycles. The molecule has 6 heterocycles. The Morgan fingerprint density at radius 3 is 2.54 bits per heavy atom. The summed E-state index contributed by atoms with van der Waals surface area (Å²) in [5.74, 6) is 1.96. The molecular weight excluding hydrogens is 334 g/mol. The molecule has 2 bridgehead atoms. The number of ether oxygens (including phenoxy) is 2. The van der Waals surface area contributed by atoms with Crippen LogP contribution in [0.4, 0.5) is 17.7 Å². The van der Waals surface area contributed by atoms with E-state index in [1.807, 2.05) is 6.07 Å². The molecule has 134 valence electrons. The first-order valence-corrected chi connectivity index (χ1v) is 8.98. The maximum absolute atomic E-state index is 5.72. The minimum Gasteiger partial charge on any atom is -0.374 e. The highest BCUT2D eigenvalue weighted by molar-refractivity contribution is 5.65. The number of hydrogen-bond donors (Lipinski definition) is 1. The fourth-order valence-corrected chi connectivity index (χ4v) is 4.20. The zero-order valence-corrected chi connectivity index (χ0v) is 14.2. The van der Waals surface area contributed by atoms with Crippen LogP contribution in [-0.2, 0) is 9.47 Å². The fraction of sp³-hybridized carbons (Fsp3) is 0.529. The first kappa shape index (κ1) is 14.6. The van der Waals surface area contributed by atoms with Crippen molar-refractivity contribution in [2.24, 2.45) is 0 Å². The van der Waals surface area contributed by atoms with E-state index in [1.165, 1.54) is 0 Å². The molecule has 26 heavy (non-hydrogen) atoms. The smallest absolute Gasteiger partial charge is 0.228 e. The van der Waals surface area contributed by atoms with Gasteiger partial charge in [0.25, 0.3) is 0 Å². The number of nitrogens with two attached hydrogens (primary N) is 1. The third kappa shape index (κ3) is 2.10. The van der Waals surface area contributed by atoms with Gasteiger partial charge in [0, 0.05) is 37.1 Å². The molecule has 4 aliphatic rings. The summed E-state index contributed by atoms with van der Waals surface area (Å²) in [4.78, 5) is 22.5. The van der Waals surface area contributed by atoms with E-state index in [0.717, 1.165) is 55.7 Å². The lowest BCUT2D eigenvalue weighted by Crippen LogP contribution is -2.71. The van der Waals surface area contributed by atoms with Gasteiger partial charge in [0.15, 0.2) is 0 Å². The average molecular weight is 353 g/mol. The zero-order valence-electron chi connectivity index (χ0n) is 14.2. The number of rotatable bonds is 3. The van der Waals surface area contributed by atoms with Gasteiger partial charge in [-0.1, -0.05) is 0 Å². The second kappa shape index (κ2) is 5.24. The van der Waals surface area contributed by atoms with E-state index >= 15 is 0 Å². The van der Waals surface area contributed by atoms with Gasteiger partial charge in [0.05, 0.1) is 43.2 Å². The summed E-state index contributed by atoms with van der Waals surface area (Å²) in [5.41, 5.74) is 7.28. The predicted octanol–water partition coefficient (Wildman–Crippen LogP) is 0.0807. The molecular formula is C17H19N7O2. The Kier molecular flexibility index (Phi) is 2.95. The molecule has 0 spiro atoms. The van der Waals surface area contributed by atoms with Crippen molar-refractivity contribution in [1.29, 1.82) is 0 Å². The van der Waals surface area contributed by atoms with E-state index in [1.54, 1.807) is 12.4 Å². The Labute approximate surface area is 150 Å². The van der Waals surface area contributed by atoms with E-state index < -0.39 is 0 Å². The molecule has 0 saturated carbocycles. The van der Waals surface area contributed by atoms with E-state index in [9.17, 15) is 0 Å². The van der Waals surface area contributed by atoms with Crippen LogP contribution in [0.5, 0.6) is 0 Å². The normalized spacial score (nSPS) is 31.5. The number of aromatic nitrogens is 4. The van der Waals surface area contributed by atoms with E-state index in [2.05, 4.69) is 19.8 Å². The van der Waals surface area contributed by atoms with Crippen LogP contribution in [0.1, 0.15) is 6.42 Å². The average Bonchev–Trinajstić information content (AvgIpc) is 3.27. The molecule has 0 aromatic carbocycles. The van der Waals surface area contributed by atoms with Crippen molar-refractivity contribution in [2.75, 3.05) is 41.8 Å². The molecule has 4 atom stereocenters. The van der Waals surface area contributed by atoms with Gasteiger partial charge in [-0.2, -0.15) is 4.98 Å². The van der Waals surface area contributed by atoms with Gasteiger partial charge < -0.3 is 25.0 Å². The molecule has 4 saturated heterocycles. The molecule has 9 heteroatoms. The highest BCUT2D eigenvalue weighted by Crippen LogP contribution is 2.37. The summed E-state index contributed by atoms with van der Waals surface area (Å²) in [7, 11) is 0. The van der Waals surface area contributed by atoms with Crippen LogP contribution in [-0.4, -0.2) is 70.5 Å². The number of morpholine rings is 2. The van der Waals surface area contributed by atoms with Crippen molar-refractivity contribution in [3.8, 4) is 11.3 Å². The summed E-state index contributed by atoms with van der Waals surface area (Å²) in [6.45, 7) is 3.25. The maximum atomic E-state index is 5.72. The van der Waals surface area contributed by atoms with E-state index in [0.29, 0.717) is 24.3 Å². The van der Waals surface area contributed by atoms with Crippen molar-refractivity contribution < 1.29 is 9.47 Å². The summed E-state index contributed by atoms with van der Waals surface area (Å²) in [6.07, 6.45) is 5.12. The SMILES string of the molecule is Nc1ncc(-c2cc(N3CC4OC[C@H]43)nc(N3C[C@@H]4C[C@H]3CO4)n2)cn1. The molecule has 0 radical (unpaired) electrons. The largest absolute Gasteiger partial charge is 0.374 e. The summed E-state index contributed by atoms with van der Waals surface area (Å²) >= 11 is 0. The Balaban J connectivity index is 1.41. The van der Waals surface area contributed by atoms with E-state index in [4.69, 9.17) is 25.2 Å². The van der Waals surface area contributed by atoms with E-state index in [-0.39, 0.29) is 5.95 Å². The fourth-order valence-electron chi connectivity index (χ4n) is 4.20. The van der Waals surface area contributed by atoms with Crippen LogP contribution in [0, 0.1) is 0 Å². The van der Waals surface area contributed by atoms with Crippen molar-refractivity contribution in [2.45, 2.75) is 30.7 Å². The third-order valence-corrected chi connectivity index (χ3v) is 5.81. The highest BCUT2D eigenvalue weighted by atomic mass is 16.5. The van der Waals surface area contributed by atoms with Gasteiger partial charge in [0.1, 0.15) is 5.82 Å². The lowest BCUT2D eigenvalue weighted by molar-refractivity contribution is -0.113. The molecule has 4 aliphatic heterocycles. The second-order valence-electron chi connectivity index (χ2n) is 7.33. The molecule has 2 aromatic heterocycles. The van der Waals surface area contributed by atoms with Crippen LogP contribution in [0.3, 0.4) is 0 Å². The zero-order chi connectivity index (χ0) is 17.3. The van der Waals surface area contributed by atoms with Crippen LogP contribution >= 0.6 is 0 Å². The van der Waals surface area contributed by atoms with Gasteiger partial charge in [0.2, 0.25) is 11.9 Å². The highest BCUT2D eigenvalue weighted by Gasteiger charge is 2.48. The lowest BCUT2D eigenvalue weighted by Gasteiger charge is -2.55. The van der Waals surface area contributed by atoms with Crippen LogP contribution in [0.2, 0.25) is 0 Å². The van der Waals surface area contributed by atoms with Crippen molar-refractivity contribution in [3.05, 3.63) is 18.5 Å². The first-order chi connectivity index (χ1) is 12.7. The van der Waals surface area contributed by atoms with Crippen molar-refractivity contribution in [1.82, 2.24) is 19.9 Å². The maximum Gasteiger partial charge on any atom is 0.228 e. The minimum absolute atomic E-state index is 0.259. The monoisotopic (exact) mass is 353 g/mol. The molecule has 2 aromatic rings. The molecule has 2 N–H and O–H groups in total. The Morgan fingerprint density at radius 2 is 1.92 bits per heavy atom. The Bertz CT molecular complexity index is 861. The van der Waals surface area contributed by atoms with Crippen LogP contribution < -0.4 is 15.5 Å². The second-order valence-corrected chi connectivity index (χ2v) is 7.33. The number of anilines is 3.